The average molecular weight is 213 g/mol. The molecule has 2 rings (SSSR count). The van der Waals surface area contributed by atoms with Crippen molar-refractivity contribution in [1.82, 2.24) is 0 Å². The summed E-state index contributed by atoms with van der Waals surface area (Å²) >= 11 is 0. The molecule has 2 nitrogen and oxygen atoms in total. The van der Waals surface area contributed by atoms with E-state index in [1.165, 1.54) is 12.1 Å². The summed E-state index contributed by atoms with van der Waals surface area (Å²) in [4.78, 5) is 0. The molecule has 0 saturated carbocycles. The minimum absolute atomic E-state index is 0.0256. The Hall–Kier alpha value is -1.00. The van der Waals surface area contributed by atoms with E-state index >= 15 is 0 Å². The molecule has 1 aliphatic heterocycles. The van der Waals surface area contributed by atoms with Crippen LogP contribution in [0.1, 0.15) is 30.1 Å². The molecule has 0 bridgehead atoms. The SMILES string of the molecule is NC1CCOC1c1ccc(C(F)F)cc1. The van der Waals surface area contributed by atoms with Gasteiger partial charge in [0.1, 0.15) is 0 Å². The number of benzene rings is 1. The molecule has 1 heterocycles. The van der Waals surface area contributed by atoms with E-state index in [1.807, 2.05) is 0 Å². The number of alkyl halides is 2. The Bertz CT molecular complexity index is 326. The van der Waals surface area contributed by atoms with E-state index in [4.69, 9.17) is 10.5 Å². The lowest BCUT2D eigenvalue weighted by Gasteiger charge is -2.15. The van der Waals surface area contributed by atoms with Crippen molar-refractivity contribution in [2.75, 3.05) is 6.61 Å². The van der Waals surface area contributed by atoms with Crippen LogP contribution in [0.3, 0.4) is 0 Å². The van der Waals surface area contributed by atoms with Gasteiger partial charge in [0, 0.05) is 18.2 Å². The second-order valence-corrected chi connectivity index (χ2v) is 3.71. The summed E-state index contributed by atoms with van der Waals surface area (Å²) in [7, 11) is 0. The van der Waals surface area contributed by atoms with Gasteiger partial charge in [-0.1, -0.05) is 24.3 Å². The van der Waals surface area contributed by atoms with E-state index in [-0.39, 0.29) is 17.7 Å². The van der Waals surface area contributed by atoms with Crippen molar-refractivity contribution < 1.29 is 13.5 Å². The summed E-state index contributed by atoms with van der Waals surface area (Å²) in [5, 5.41) is 0. The van der Waals surface area contributed by atoms with Crippen LogP contribution >= 0.6 is 0 Å². The predicted molar refractivity (Wildman–Crippen MR) is 52.7 cm³/mol. The van der Waals surface area contributed by atoms with Crippen molar-refractivity contribution in [2.24, 2.45) is 5.73 Å². The average Bonchev–Trinajstić information content (AvgIpc) is 2.65. The van der Waals surface area contributed by atoms with Gasteiger partial charge in [0.05, 0.1) is 6.10 Å². The van der Waals surface area contributed by atoms with Crippen molar-refractivity contribution in [3.63, 3.8) is 0 Å². The van der Waals surface area contributed by atoms with Gasteiger partial charge >= 0.3 is 0 Å². The van der Waals surface area contributed by atoms with Gasteiger partial charge in [-0.15, -0.1) is 0 Å². The topological polar surface area (TPSA) is 35.2 Å². The summed E-state index contributed by atoms with van der Waals surface area (Å²) in [6.45, 7) is 0.641. The lowest BCUT2D eigenvalue weighted by Crippen LogP contribution is -2.23. The van der Waals surface area contributed by atoms with Crippen LogP contribution in [0.2, 0.25) is 0 Å². The highest BCUT2D eigenvalue weighted by Gasteiger charge is 2.26. The summed E-state index contributed by atoms with van der Waals surface area (Å²) in [5.41, 5.74) is 6.75. The molecule has 1 aliphatic rings. The zero-order valence-corrected chi connectivity index (χ0v) is 8.20. The molecule has 1 aromatic rings. The quantitative estimate of drug-likeness (QED) is 0.818. The molecule has 82 valence electrons. The van der Waals surface area contributed by atoms with E-state index in [9.17, 15) is 8.78 Å². The van der Waals surface area contributed by atoms with Crippen LogP contribution < -0.4 is 5.73 Å². The first-order valence-electron chi connectivity index (χ1n) is 4.93. The first-order chi connectivity index (χ1) is 7.18. The third-order valence-corrected chi connectivity index (χ3v) is 2.65. The Balaban J connectivity index is 2.16. The smallest absolute Gasteiger partial charge is 0.263 e. The molecule has 2 atom stereocenters. The molecule has 1 aromatic carbocycles. The third-order valence-electron chi connectivity index (χ3n) is 2.65. The molecule has 2 N–H and O–H groups in total. The first kappa shape index (κ1) is 10.5. The van der Waals surface area contributed by atoms with Crippen LogP contribution in [0.25, 0.3) is 0 Å². The van der Waals surface area contributed by atoms with Gasteiger partial charge in [-0.25, -0.2) is 8.78 Å². The van der Waals surface area contributed by atoms with Crippen LogP contribution in [0.5, 0.6) is 0 Å². The van der Waals surface area contributed by atoms with E-state index in [2.05, 4.69) is 0 Å². The Kier molecular flexibility index (Phi) is 2.98. The molecule has 0 aliphatic carbocycles. The molecule has 4 heteroatoms. The molecule has 0 amide bonds. The number of hydrogen-bond acceptors (Lipinski definition) is 2. The Morgan fingerprint density at radius 2 is 1.93 bits per heavy atom. The largest absolute Gasteiger partial charge is 0.372 e. The van der Waals surface area contributed by atoms with Crippen LogP contribution in [0.4, 0.5) is 8.78 Å². The minimum Gasteiger partial charge on any atom is -0.372 e. The minimum atomic E-state index is -2.42. The van der Waals surface area contributed by atoms with Gasteiger partial charge in [0.2, 0.25) is 0 Å². The van der Waals surface area contributed by atoms with E-state index < -0.39 is 6.43 Å². The zero-order valence-electron chi connectivity index (χ0n) is 8.20. The molecular weight excluding hydrogens is 200 g/mol. The van der Waals surface area contributed by atoms with Crippen LogP contribution in [0, 0.1) is 0 Å². The van der Waals surface area contributed by atoms with E-state index in [0.29, 0.717) is 6.61 Å². The maximum absolute atomic E-state index is 12.3. The summed E-state index contributed by atoms with van der Waals surface area (Å²) in [5.74, 6) is 0. The molecule has 0 spiro atoms. The van der Waals surface area contributed by atoms with E-state index in [0.717, 1.165) is 12.0 Å². The highest BCUT2D eigenvalue weighted by molar-refractivity contribution is 5.26. The first-order valence-corrected chi connectivity index (χ1v) is 4.93. The number of ether oxygens (including phenoxy) is 1. The van der Waals surface area contributed by atoms with Gasteiger partial charge in [-0.3, -0.25) is 0 Å². The highest BCUT2D eigenvalue weighted by atomic mass is 19.3. The Labute approximate surface area is 87.0 Å². The number of nitrogens with two attached hydrogens (primary N) is 1. The Morgan fingerprint density at radius 3 is 2.40 bits per heavy atom. The normalized spacial score (nSPS) is 26.1. The van der Waals surface area contributed by atoms with Crippen molar-refractivity contribution in [3.05, 3.63) is 35.4 Å². The van der Waals surface area contributed by atoms with Gasteiger partial charge in [0.25, 0.3) is 6.43 Å². The van der Waals surface area contributed by atoms with Crippen LogP contribution in [-0.2, 0) is 4.74 Å². The van der Waals surface area contributed by atoms with Gasteiger partial charge in [0.15, 0.2) is 0 Å². The highest BCUT2D eigenvalue weighted by Crippen LogP contribution is 2.29. The number of halogens is 2. The maximum Gasteiger partial charge on any atom is 0.263 e. The van der Waals surface area contributed by atoms with Crippen molar-refractivity contribution in [3.8, 4) is 0 Å². The molecule has 1 fully saturated rings. The number of rotatable bonds is 2. The van der Waals surface area contributed by atoms with Gasteiger partial charge < -0.3 is 10.5 Å². The zero-order chi connectivity index (χ0) is 10.8. The second kappa shape index (κ2) is 4.24. The van der Waals surface area contributed by atoms with Crippen molar-refractivity contribution in [1.29, 1.82) is 0 Å². The molecule has 2 unspecified atom stereocenters. The van der Waals surface area contributed by atoms with Gasteiger partial charge in [-0.05, 0) is 12.0 Å². The fourth-order valence-electron chi connectivity index (χ4n) is 1.78. The molecule has 1 saturated heterocycles. The summed E-state index contributed by atoms with van der Waals surface area (Å²) in [6, 6.07) is 6.15. The van der Waals surface area contributed by atoms with Gasteiger partial charge in [-0.2, -0.15) is 0 Å². The Morgan fingerprint density at radius 1 is 1.27 bits per heavy atom. The van der Waals surface area contributed by atoms with Crippen LogP contribution in [0.15, 0.2) is 24.3 Å². The molecule has 15 heavy (non-hydrogen) atoms. The lowest BCUT2D eigenvalue weighted by atomic mass is 10.0. The lowest BCUT2D eigenvalue weighted by molar-refractivity contribution is 0.105. The fourth-order valence-corrected chi connectivity index (χ4v) is 1.78. The second-order valence-electron chi connectivity index (χ2n) is 3.71. The van der Waals surface area contributed by atoms with Crippen molar-refractivity contribution in [2.45, 2.75) is 25.0 Å². The fraction of sp³-hybridized carbons (Fsp3) is 0.455. The van der Waals surface area contributed by atoms with E-state index in [1.54, 1.807) is 12.1 Å². The van der Waals surface area contributed by atoms with Crippen LogP contribution in [-0.4, -0.2) is 12.6 Å². The monoisotopic (exact) mass is 213 g/mol. The summed E-state index contributed by atoms with van der Waals surface area (Å²) < 4.78 is 30.0. The standard InChI is InChI=1S/C11H13F2NO/c12-11(13)8-3-1-7(2-4-8)10-9(14)5-6-15-10/h1-4,9-11H,5-6,14H2. The third kappa shape index (κ3) is 2.16. The molecule has 0 aromatic heterocycles. The molecule has 0 radical (unpaired) electrons. The summed E-state index contributed by atoms with van der Waals surface area (Å²) in [6.07, 6.45) is -1.74. The predicted octanol–water partition coefficient (Wildman–Crippen LogP) is 2.41. The maximum atomic E-state index is 12.3. The molecular formula is C11H13F2NO. The van der Waals surface area contributed by atoms with Crippen molar-refractivity contribution >= 4 is 0 Å². The number of hydrogen-bond donors (Lipinski definition) is 1.